The fourth-order valence-electron chi connectivity index (χ4n) is 2.70. The van der Waals surface area contributed by atoms with Gasteiger partial charge in [0.1, 0.15) is 11.0 Å². The van der Waals surface area contributed by atoms with Gasteiger partial charge in [0.25, 0.3) is 0 Å². The van der Waals surface area contributed by atoms with Crippen molar-refractivity contribution in [1.29, 1.82) is 0 Å². The predicted octanol–water partition coefficient (Wildman–Crippen LogP) is 4.13. The van der Waals surface area contributed by atoms with E-state index in [9.17, 15) is 13.2 Å². The van der Waals surface area contributed by atoms with Crippen LogP contribution in [0.1, 0.15) is 31.2 Å². The molecule has 1 aliphatic carbocycles. The highest BCUT2D eigenvalue weighted by molar-refractivity contribution is 6.30. The minimum atomic E-state index is -4.44. The van der Waals surface area contributed by atoms with Crippen LogP contribution in [0.5, 0.6) is 0 Å². The molecule has 0 amide bonds. The van der Waals surface area contributed by atoms with Gasteiger partial charge in [-0.2, -0.15) is 13.2 Å². The number of nitrogens with zero attached hydrogens (tertiary/aromatic N) is 2. The highest BCUT2D eigenvalue weighted by atomic mass is 35.5. The van der Waals surface area contributed by atoms with Crippen molar-refractivity contribution in [3.63, 3.8) is 0 Å². The largest absolute Gasteiger partial charge is 0.419 e. The van der Waals surface area contributed by atoms with Crippen LogP contribution < -0.4 is 4.90 Å². The Hall–Kier alpha value is -0.970. The van der Waals surface area contributed by atoms with E-state index in [0.717, 1.165) is 32.0 Å². The zero-order valence-corrected chi connectivity index (χ0v) is 11.1. The smallest absolute Gasteiger partial charge is 0.357 e. The molecule has 0 bridgehead atoms. The summed E-state index contributed by atoms with van der Waals surface area (Å²) in [5.41, 5.74) is -0.333. The number of piperidine rings is 1. The molecule has 2 fully saturated rings. The molecule has 1 aromatic rings. The summed E-state index contributed by atoms with van der Waals surface area (Å²) in [4.78, 5) is 5.93. The van der Waals surface area contributed by atoms with Gasteiger partial charge in [-0.15, -0.1) is 0 Å². The fourth-order valence-corrected chi connectivity index (χ4v) is 2.96. The van der Waals surface area contributed by atoms with E-state index in [2.05, 4.69) is 4.98 Å². The molecule has 2 aliphatic rings. The summed E-state index contributed by atoms with van der Waals surface area (Å²) in [5.74, 6) is 0.550. The molecule has 1 aromatic heterocycles. The van der Waals surface area contributed by atoms with Crippen LogP contribution in [0.25, 0.3) is 0 Å². The van der Waals surface area contributed by atoms with Gasteiger partial charge < -0.3 is 4.90 Å². The van der Waals surface area contributed by atoms with Gasteiger partial charge in [-0.25, -0.2) is 4.98 Å². The zero-order valence-electron chi connectivity index (χ0n) is 10.3. The molecule has 1 saturated heterocycles. The van der Waals surface area contributed by atoms with Crippen molar-refractivity contribution >= 4 is 17.4 Å². The Balaban J connectivity index is 1.77. The Bertz CT molecular complexity index is 487. The van der Waals surface area contributed by atoms with Crippen LogP contribution >= 0.6 is 11.6 Å². The van der Waals surface area contributed by atoms with Crippen molar-refractivity contribution in [3.8, 4) is 0 Å². The van der Waals surface area contributed by atoms with Gasteiger partial charge in [0.2, 0.25) is 0 Å². The molecular formula is C13H14ClF3N2. The first kappa shape index (κ1) is 13.0. The summed E-state index contributed by atoms with van der Waals surface area (Å²) < 4.78 is 37.8. The van der Waals surface area contributed by atoms with Crippen molar-refractivity contribution in [2.75, 3.05) is 18.0 Å². The van der Waals surface area contributed by atoms with Crippen LogP contribution in [-0.2, 0) is 6.18 Å². The van der Waals surface area contributed by atoms with Crippen LogP contribution in [0.2, 0.25) is 5.15 Å². The van der Waals surface area contributed by atoms with Crippen LogP contribution in [0, 0.1) is 5.41 Å². The zero-order chi connectivity index (χ0) is 13.7. The lowest BCUT2D eigenvalue weighted by atomic mass is 9.94. The maximum atomic E-state index is 12.6. The summed E-state index contributed by atoms with van der Waals surface area (Å²) in [6.07, 6.45) is 0.354. The molecule has 0 N–H and O–H groups in total. The maximum Gasteiger partial charge on any atom is 0.419 e. The van der Waals surface area contributed by atoms with E-state index in [0.29, 0.717) is 11.2 Å². The molecule has 2 nitrogen and oxygen atoms in total. The number of rotatable bonds is 1. The van der Waals surface area contributed by atoms with E-state index >= 15 is 0 Å². The van der Waals surface area contributed by atoms with E-state index in [-0.39, 0.29) is 0 Å². The number of alkyl halides is 3. The highest BCUT2D eigenvalue weighted by Gasteiger charge is 2.44. The average Bonchev–Trinajstić information content (AvgIpc) is 3.08. The molecule has 1 spiro atoms. The van der Waals surface area contributed by atoms with E-state index < -0.39 is 16.9 Å². The third-order valence-electron chi connectivity index (χ3n) is 4.24. The number of hydrogen-bond donors (Lipinski definition) is 0. The number of hydrogen-bond acceptors (Lipinski definition) is 2. The van der Waals surface area contributed by atoms with Gasteiger partial charge in [0.15, 0.2) is 0 Å². The normalized spacial score (nSPS) is 21.8. The first-order valence-corrected chi connectivity index (χ1v) is 6.76. The summed E-state index contributed by atoms with van der Waals surface area (Å²) in [6, 6.07) is 2.44. The maximum absolute atomic E-state index is 12.6. The van der Waals surface area contributed by atoms with E-state index in [1.54, 1.807) is 0 Å². The number of anilines is 1. The molecular weight excluding hydrogens is 277 g/mol. The third kappa shape index (κ3) is 2.53. The Morgan fingerprint density at radius 3 is 2.21 bits per heavy atom. The summed E-state index contributed by atoms with van der Waals surface area (Å²) in [6.45, 7) is 1.71. The molecule has 104 valence electrons. The van der Waals surface area contributed by atoms with E-state index in [1.807, 2.05) is 4.90 Å². The first-order valence-electron chi connectivity index (χ1n) is 6.38. The minimum absolute atomic E-state index is 0.461. The lowest BCUT2D eigenvalue weighted by molar-refractivity contribution is -0.137. The summed E-state index contributed by atoms with van der Waals surface area (Å²) in [5, 5.41) is -0.461. The van der Waals surface area contributed by atoms with Gasteiger partial charge in [0.05, 0.1) is 5.56 Å². The average molecular weight is 291 g/mol. The van der Waals surface area contributed by atoms with Gasteiger partial charge >= 0.3 is 6.18 Å². The van der Waals surface area contributed by atoms with Gasteiger partial charge in [-0.05, 0) is 43.2 Å². The minimum Gasteiger partial charge on any atom is -0.357 e. The molecule has 0 unspecified atom stereocenters. The molecule has 6 heteroatoms. The number of halogens is 4. The summed E-state index contributed by atoms with van der Waals surface area (Å²) in [7, 11) is 0. The first-order chi connectivity index (χ1) is 8.90. The van der Waals surface area contributed by atoms with Gasteiger partial charge in [-0.1, -0.05) is 11.6 Å². The van der Waals surface area contributed by atoms with Crippen molar-refractivity contribution in [2.45, 2.75) is 31.9 Å². The lowest BCUT2D eigenvalue weighted by Crippen LogP contribution is -2.35. The second-order valence-corrected chi connectivity index (χ2v) is 5.85. The van der Waals surface area contributed by atoms with Crippen molar-refractivity contribution < 1.29 is 13.2 Å². The standard InChI is InChI=1S/C13H14ClF3N2/c14-11-9(13(15,16)17)1-2-10(18-11)19-7-5-12(3-4-12)6-8-19/h1-2H,3-8H2. The van der Waals surface area contributed by atoms with Crippen molar-refractivity contribution in [3.05, 3.63) is 22.8 Å². The molecule has 1 saturated carbocycles. The van der Waals surface area contributed by atoms with Crippen LogP contribution in [-0.4, -0.2) is 18.1 Å². The van der Waals surface area contributed by atoms with Crippen molar-refractivity contribution in [2.24, 2.45) is 5.41 Å². The topological polar surface area (TPSA) is 16.1 Å². The van der Waals surface area contributed by atoms with Gasteiger partial charge in [0, 0.05) is 13.1 Å². The Morgan fingerprint density at radius 1 is 1.11 bits per heavy atom. The second-order valence-electron chi connectivity index (χ2n) is 5.49. The molecule has 0 aromatic carbocycles. The fraction of sp³-hybridized carbons (Fsp3) is 0.615. The quantitative estimate of drug-likeness (QED) is 0.723. The number of aromatic nitrogens is 1. The van der Waals surface area contributed by atoms with Crippen LogP contribution in [0.4, 0.5) is 19.0 Å². The van der Waals surface area contributed by atoms with Gasteiger partial charge in [-0.3, -0.25) is 0 Å². The number of pyridine rings is 1. The Kier molecular flexibility index (Phi) is 2.93. The second kappa shape index (κ2) is 4.27. The lowest BCUT2D eigenvalue weighted by Gasteiger charge is -2.33. The van der Waals surface area contributed by atoms with Crippen LogP contribution in [0.15, 0.2) is 12.1 Å². The van der Waals surface area contributed by atoms with E-state index in [4.69, 9.17) is 11.6 Å². The molecule has 3 rings (SSSR count). The monoisotopic (exact) mass is 290 g/mol. The molecule has 0 atom stereocenters. The third-order valence-corrected chi connectivity index (χ3v) is 4.53. The van der Waals surface area contributed by atoms with E-state index in [1.165, 1.54) is 18.9 Å². The van der Waals surface area contributed by atoms with Crippen molar-refractivity contribution in [1.82, 2.24) is 4.98 Å². The Labute approximate surface area is 114 Å². The van der Waals surface area contributed by atoms with Crippen LogP contribution in [0.3, 0.4) is 0 Å². The Morgan fingerprint density at radius 2 is 1.74 bits per heavy atom. The molecule has 2 heterocycles. The molecule has 19 heavy (non-hydrogen) atoms. The highest BCUT2D eigenvalue weighted by Crippen LogP contribution is 2.53. The predicted molar refractivity (Wildman–Crippen MR) is 67.4 cm³/mol. The SMILES string of the molecule is FC(F)(F)c1ccc(N2CCC3(CC2)CC3)nc1Cl. The summed E-state index contributed by atoms with van der Waals surface area (Å²) >= 11 is 5.64. The molecule has 1 aliphatic heterocycles. The molecule has 0 radical (unpaired) electrons.